The van der Waals surface area contributed by atoms with Gasteiger partial charge in [0.2, 0.25) is 0 Å². The van der Waals surface area contributed by atoms with Crippen LogP contribution in [0.2, 0.25) is 0 Å². The minimum absolute atomic E-state index is 0.787. The smallest absolute Gasteiger partial charge is 0.0791 e. The second-order valence-electron chi connectivity index (χ2n) is 3.70. The number of hydrogen-bond acceptors (Lipinski definition) is 1. The molecule has 0 N–H and O–H groups in total. The van der Waals surface area contributed by atoms with E-state index >= 15 is 0 Å². The first-order valence-electron chi connectivity index (χ1n) is 4.43. The molecule has 1 aliphatic rings. The van der Waals surface area contributed by atoms with Crippen LogP contribution in [0.25, 0.3) is 0 Å². The van der Waals surface area contributed by atoms with Crippen molar-refractivity contribution in [2.75, 3.05) is 0 Å². The molecule has 1 rings (SSSR count). The van der Waals surface area contributed by atoms with E-state index in [9.17, 15) is 0 Å². The zero-order valence-corrected chi connectivity index (χ0v) is 9.43. The van der Waals surface area contributed by atoms with Gasteiger partial charge < -0.3 is 4.57 Å². The summed E-state index contributed by atoms with van der Waals surface area (Å²) in [6, 6.07) is 1.74. The zero-order chi connectivity index (χ0) is 7.56. The molecule has 2 heteroatoms. The normalized spacial score (nSPS) is 21.6. The van der Waals surface area contributed by atoms with Crippen LogP contribution in [0.15, 0.2) is 0 Å². The fourth-order valence-electron chi connectivity index (χ4n) is 1.73. The largest absolute Gasteiger partial charge is 0.327 e. The van der Waals surface area contributed by atoms with Gasteiger partial charge in [-0.3, -0.25) is 0 Å². The topological polar surface area (TPSA) is 3.24 Å². The fraction of sp³-hybridized carbons (Fsp3) is 1.00. The molecule has 0 heterocycles. The molecule has 0 saturated heterocycles. The Hall–Kier alpha value is 0.177. The van der Waals surface area contributed by atoms with Crippen LogP contribution in [0.5, 0.6) is 0 Å². The van der Waals surface area contributed by atoms with Crippen LogP contribution >= 0.6 is 0 Å². The molecule has 1 nitrogen and oxygen atoms in total. The average molecular weight is 157 g/mol. The summed E-state index contributed by atoms with van der Waals surface area (Å²) in [5, 5.41) is 0. The van der Waals surface area contributed by atoms with Gasteiger partial charge in [0.1, 0.15) is 0 Å². The van der Waals surface area contributed by atoms with Gasteiger partial charge in [0.25, 0.3) is 0 Å². The molecule has 0 aromatic heterocycles. The van der Waals surface area contributed by atoms with Crippen LogP contribution < -0.4 is 0 Å². The van der Waals surface area contributed by atoms with E-state index in [0.29, 0.717) is 0 Å². The molecule has 0 aromatic carbocycles. The molecule has 10 heavy (non-hydrogen) atoms. The minimum Gasteiger partial charge on any atom is -0.327 e. The molecule has 0 radical (unpaired) electrons. The molecular formula is C8H19NSi. The van der Waals surface area contributed by atoms with Gasteiger partial charge in [0.05, 0.1) is 10.4 Å². The lowest BCUT2D eigenvalue weighted by Crippen LogP contribution is -2.36. The van der Waals surface area contributed by atoms with Crippen LogP contribution in [0, 0.1) is 0 Å². The van der Waals surface area contributed by atoms with E-state index in [1.165, 1.54) is 36.1 Å². The van der Waals surface area contributed by atoms with Gasteiger partial charge in [-0.15, -0.1) is 0 Å². The summed E-state index contributed by atoms with van der Waals surface area (Å²) >= 11 is 0. The highest BCUT2D eigenvalue weighted by Crippen LogP contribution is 2.22. The van der Waals surface area contributed by atoms with Crippen molar-refractivity contribution < 1.29 is 0 Å². The molecule has 1 fully saturated rings. The van der Waals surface area contributed by atoms with Crippen molar-refractivity contribution in [2.45, 2.75) is 51.6 Å². The summed E-state index contributed by atoms with van der Waals surface area (Å²) < 4.78 is 2.65. The molecule has 0 aromatic rings. The SMILES string of the molecule is CC(C)N([SiH3])C1CCCC1. The molecule has 0 spiro atoms. The van der Waals surface area contributed by atoms with Crippen molar-refractivity contribution in [3.8, 4) is 0 Å². The van der Waals surface area contributed by atoms with E-state index in [1.807, 2.05) is 0 Å². The van der Waals surface area contributed by atoms with Crippen LogP contribution in [0.4, 0.5) is 0 Å². The lowest BCUT2D eigenvalue weighted by Gasteiger charge is -2.28. The van der Waals surface area contributed by atoms with Crippen molar-refractivity contribution >= 4 is 10.4 Å². The summed E-state index contributed by atoms with van der Waals surface area (Å²) in [6.07, 6.45) is 5.86. The van der Waals surface area contributed by atoms with E-state index in [-0.39, 0.29) is 0 Å². The van der Waals surface area contributed by atoms with Gasteiger partial charge in [-0.25, -0.2) is 0 Å². The predicted molar refractivity (Wildman–Crippen MR) is 49.2 cm³/mol. The van der Waals surface area contributed by atoms with Crippen LogP contribution in [0.3, 0.4) is 0 Å². The van der Waals surface area contributed by atoms with Crippen molar-refractivity contribution in [3.63, 3.8) is 0 Å². The molecular weight excluding hydrogens is 138 g/mol. The first-order chi connectivity index (χ1) is 4.72. The lowest BCUT2D eigenvalue weighted by molar-refractivity contribution is 0.289. The Morgan fingerprint density at radius 1 is 1.30 bits per heavy atom. The van der Waals surface area contributed by atoms with Crippen molar-refractivity contribution in [3.05, 3.63) is 0 Å². The number of hydrogen-bond donors (Lipinski definition) is 0. The maximum atomic E-state index is 2.65. The Balaban J connectivity index is 2.32. The van der Waals surface area contributed by atoms with E-state index in [2.05, 4.69) is 18.4 Å². The zero-order valence-electron chi connectivity index (χ0n) is 7.43. The summed E-state index contributed by atoms with van der Waals surface area (Å²) in [7, 11) is 1.25. The number of rotatable bonds is 2. The minimum atomic E-state index is 0.787. The third-order valence-electron chi connectivity index (χ3n) is 2.72. The Kier molecular flexibility index (Phi) is 2.92. The van der Waals surface area contributed by atoms with E-state index < -0.39 is 0 Å². The molecule has 0 aliphatic heterocycles. The third-order valence-corrected chi connectivity index (χ3v) is 4.48. The number of nitrogens with zero attached hydrogens (tertiary/aromatic N) is 1. The van der Waals surface area contributed by atoms with E-state index in [1.54, 1.807) is 0 Å². The molecule has 1 aliphatic carbocycles. The summed E-state index contributed by atoms with van der Waals surface area (Å²) in [4.78, 5) is 0. The quantitative estimate of drug-likeness (QED) is 0.539. The summed E-state index contributed by atoms with van der Waals surface area (Å²) in [5.74, 6) is 0. The standard InChI is InChI=1S/C8H19NSi/c1-7(2)9(10)8-5-3-4-6-8/h7-8H,3-6H2,1-2,10H3. The Morgan fingerprint density at radius 2 is 1.80 bits per heavy atom. The van der Waals surface area contributed by atoms with Crippen molar-refractivity contribution in [1.29, 1.82) is 0 Å². The second-order valence-corrected chi connectivity index (χ2v) is 4.73. The molecule has 0 unspecified atom stereocenters. The lowest BCUT2D eigenvalue weighted by atomic mass is 10.2. The highest BCUT2D eigenvalue weighted by molar-refractivity contribution is 6.04. The summed E-state index contributed by atoms with van der Waals surface area (Å²) in [5.41, 5.74) is 0. The molecule has 0 amide bonds. The van der Waals surface area contributed by atoms with Crippen LogP contribution in [0.1, 0.15) is 39.5 Å². The highest BCUT2D eigenvalue weighted by atomic mass is 28.2. The monoisotopic (exact) mass is 157 g/mol. The Labute approximate surface area is 67.3 Å². The van der Waals surface area contributed by atoms with Gasteiger partial charge in [-0.05, 0) is 18.9 Å². The molecule has 60 valence electrons. The predicted octanol–water partition coefficient (Wildman–Crippen LogP) is 0.920. The van der Waals surface area contributed by atoms with Crippen LogP contribution in [-0.4, -0.2) is 27.1 Å². The van der Waals surface area contributed by atoms with Crippen molar-refractivity contribution in [2.24, 2.45) is 0 Å². The summed E-state index contributed by atoms with van der Waals surface area (Å²) in [6.45, 7) is 4.62. The first-order valence-corrected chi connectivity index (χ1v) is 5.33. The van der Waals surface area contributed by atoms with Gasteiger partial charge >= 0.3 is 0 Å². The van der Waals surface area contributed by atoms with E-state index in [4.69, 9.17) is 0 Å². The fourth-order valence-corrected chi connectivity index (χ4v) is 2.25. The highest BCUT2D eigenvalue weighted by Gasteiger charge is 2.20. The maximum Gasteiger partial charge on any atom is 0.0791 e. The van der Waals surface area contributed by atoms with E-state index in [0.717, 1.165) is 12.1 Å². The maximum absolute atomic E-state index is 2.65. The second kappa shape index (κ2) is 3.53. The average Bonchev–Trinajstić information content (AvgIpc) is 2.36. The third kappa shape index (κ3) is 1.83. The Bertz CT molecular complexity index is 97.4. The van der Waals surface area contributed by atoms with Gasteiger partial charge in [-0.2, -0.15) is 0 Å². The first kappa shape index (κ1) is 8.28. The molecule has 1 saturated carbocycles. The van der Waals surface area contributed by atoms with Crippen LogP contribution in [-0.2, 0) is 0 Å². The van der Waals surface area contributed by atoms with Gasteiger partial charge in [0.15, 0.2) is 0 Å². The van der Waals surface area contributed by atoms with Gasteiger partial charge in [-0.1, -0.05) is 26.7 Å². The van der Waals surface area contributed by atoms with Gasteiger partial charge in [0, 0.05) is 6.04 Å². The molecule has 0 bridgehead atoms. The Morgan fingerprint density at radius 3 is 2.20 bits per heavy atom. The van der Waals surface area contributed by atoms with Crippen molar-refractivity contribution in [1.82, 2.24) is 4.57 Å². The molecule has 0 atom stereocenters.